The average Bonchev–Trinajstić information content (AvgIpc) is 3.17. The van der Waals surface area contributed by atoms with Crippen LogP contribution >= 0.6 is 0 Å². The van der Waals surface area contributed by atoms with Crippen molar-refractivity contribution in [2.45, 2.75) is 6.54 Å². The number of rotatable bonds is 5. The number of benzene rings is 1. The van der Waals surface area contributed by atoms with E-state index in [1.165, 1.54) is 0 Å². The molecule has 7 heteroatoms. The Balaban J connectivity index is 1.59. The van der Waals surface area contributed by atoms with Gasteiger partial charge in [0.25, 0.3) is 0 Å². The lowest BCUT2D eigenvalue weighted by Crippen LogP contribution is -2.40. The first kappa shape index (κ1) is 16.0. The number of carbonyl (C=O) groups excluding carboxylic acids is 2. The number of nitrogens with one attached hydrogen (secondary N) is 1. The van der Waals surface area contributed by atoms with Gasteiger partial charge in [-0.2, -0.15) is 5.10 Å². The molecule has 7 nitrogen and oxygen atoms in total. The average molecular weight is 327 g/mol. The summed E-state index contributed by atoms with van der Waals surface area (Å²) in [6.45, 7) is 1.80. The molecule has 1 saturated heterocycles. The molecule has 1 aromatic heterocycles. The van der Waals surface area contributed by atoms with E-state index < -0.39 is 0 Å². The highest BCUT2D eigenvalue weighted by atomic mass is 16.2. The van der Waals surface area contributed by atoms with Crippen LogP contribution in [-0.4, -0.2) is 70.6 Å². The first-order chi connectivity index (χ1) is 11.5. The molecular formula is C17H21N5O2. The predicted molar refractivity (Wildman–Crippen MR) is 90.1 cm³/mol. The Kier molecular flexibility index (Phi) is 4.50. The second-order valence-corrected chi connectivity index (χ2v) is 6.02. The zero-order chi connectivity index (χ0) is 17.1. The SMILES string of the molecule is CN(Cc1cc(-c2ccccc2)n[nH]1)C(=O)CN1CCN(C)C1=O. The van der Waals surface area contributed by atoms with Crippen LogP contribution in [0.15, 0.2) is 36.4 Å². The highest BCUT2D eigenvalue weighted by Crippen LogP contribution is 2.17. The van der Waals surface area contributed by atoms with E-state index in [9.17, 15) is 9.59 Å². The Bertz CT molecular complexity index is 728. The van der Waals surface area contributed by atoms with Crippen molar-refractivity contribution in [3.05, 3.63) is 42.1 Å². The molecule has 2 aromatic rings. The Morgan fingerprint density at radius 1 is 1.29 bits per heavy atom. The molecule has 0 aliphatic carbocycles. The molecular weight excluding hydrogens is 306 g/mol. The minimum atomic E-state index is -0.0929. The number of hydrogen-bond acceptors (Lipinski definition) is 3. The largest absolute Gasteiger partial charge is 0.338 e. The highest BCUT2D eigenvalue weighted by Gasteiger charge is 2.27. The molecule has 1 N–H and O–H groups in total. The van der Waals surface area contributed by atoms with Crippen molar-refractivity contribution >= 4 is 11.9 Å². The molecule has 0 bridgehead atoms. The van der Waals surface area contributed by atoms with Crippen LogP contribution in [0.25, 0.3) is 11.3 Å². The molecule has 2 heterocycles. The molecule has 3 rings (SSSR count). The summed E-state index contributed by atoms with van der Waals surface area (Å²) < 4.78 is 0. The maximum atomic E-state index is 12.3. The fourth-order valence-electron chi connectivity index (χ4n) is 2.68. The van der Waals surface area contributed by atoms with Crippen molar-refractivity contribution in [2.24, 2.45) is 0 Å². The normalized spacial score (nSPS) is 14.3. The second-order valence-electron chi connectivity index (χ2n) is 6.02. The maximum absolute atomic E-state index is 12.3. The number of hydrogen-bond donors (Lipinski definition) is 1. The summed E-state index contributed by atoms with van der Waals surface area (Å²) in [5.41, 5.74) is 2.73. The van der Waals surface area contributed by atoms with E-state index in [4.69, 9.17) is 0 Å². The van der Waals surface area contributed by atoms with Crippen molar-refractivity contribution in [1.29, 1.82) is 0 Å². The molecule has 1 aliphatic heterocycles. The summed E-state index contributed by atoms with van der Waals surface area (Å²) in [6.07, 6.45) is 0. The Morgan fingerprint density at radius 2 is 2.04 bits per heavy atom. The van der Waals surface area contributed by atoms with Gasteiger partial charge in [-0.1, -0.05) is 30.3 Å². The summed E-state index contributed by atoms with van der Waals surface area (Å²) in [5, 5.41) is 7.26. The molecule has 0 saturated carbocycles. The summed E-state index contributed by atoms with van der Waals surface area (Å²) in [6, 6.07) is 11.7. The van der Waals surface area contributed by atoms with Crippen LogP contribution in [0.5, 0.6) is 0 Å². The van der Waals surface area contributed by atoms with Crippen molar-refractivity contribution in [2.75, 3.05) is 33.7 Å². The van der Waals surface area contributed by atoms with Gasteiger partial charge in [-0.15, -0.1) is 0 Å². The van der Waals surface area contributed by atoms with Crippen LogP contribution in [-0.2, 0) is 11.3 Å². The number of nitrogens with zero attached hydrogens (tertiary/aromatic N) is 4. The molecule has 1 aliphatic rings. The van der Waals surface area contributed by atoms with E-state index in [1.807, 2.05) is 36.4 Å². The molecule has 3 amide bonds. The number of urea groups is 1. The fraction of sp³-hybridized carbons (Fsp3) is 0.353. The number of aromatic nitrogens is 2. The lowest BCUT2D eigenvalue weighted by Gasteiger charge is -2.20. The van der Waals surface area contributed by atoms with E-state index in [-0.39, 0.29) is 18.5 Å². The third-order valence-corrected chi connectivity index (χ3v) is 4.16. The van der Waals surface area contributed by atoms with Gasteiger partial charge < -0.3 is 14.7 Å². The van der Waals surface area contributed by atoms with E-state index in [0.29, 0.717) is 19.6 Å². The summed E-state index contributed by atoms with van der Waals surface area (Å²) >= 11 is 0. The first-order valence-electron chi connectivity index (χ1n) is 7.88. The van der Waals surface area contributed by atoms with Gasteiger partial charge >= 0.3 is 6.03 Å². The number of carbonyl (C=O) groups is 2. The summed E-state index contributed by atoms with van der Waals surface area (Å²) in [4.78, 5) is 29.0. The molecule has 126 valence electrons. The number of amides is 3. The van der Waals surface area contributed by atoms with Crippen LogP contribution in [0.4, 0.5) is 4.79 Å². The number of H-pyrrole nitrogens is 1. The van der Waals surface area contributed by atoms with Crippen molar-refractivity contribution < 1.29 is 9.59 Å². The Morgan fingerprint density at radius 3 is 2.71 bits per heavy atom. The molecule has 0 spiro atoms. The zero-order valence-corrected chi connectivity index (χ0v) is 13.9. The standard InChI is InChI=1S/C17H21N5O2/c1-20-8-9-22(17(20)24)12-16(23)21(2)11-14-10-15(19-18-14)13-6-4-3-5-7-13/h3-7,10H,8-9,11-12H2,1-2H3,(H,18,19). The van der Waals surface area contributed by atoms with Crippen LogP contribution in [0, 0.1) is 0 Å². The Labute approximate surface area is 140 Å². The second kappa shape index (κ2) is 6.74. The lowest BCUT2D eigenvalue weighted by atomic mass is 10.1. The predicted octanol–water partition coefficient (Wildman–Crippen LogP) is 1.40. The lowest BCUT2D eigenvalue weighted by molar-refractivity contribution is -0.130. The molecule has 1 fully saturated rings. The highest BCUT2D eigenvalue weighted by molar-refractivity contribution is 5.84. The third kappa shape index (κ3) is 3.40. The zero-order valence-electron chi connectivity index (χ0n) is 13.9. The van der Waals surface area contributed by atoms with Crippen LogP contribution in [0.3, 0.4) is 0 Å². The quantitative estimate of drug-likeness (QED) is 0.902. The van der Waals surface area contributed by atoms with E-state index in [1.54, 1.807) is 28.8 Å². The maximum Gasteiger partial charge on any atom is 0.320 e. The fourth-order valence-corrected chi connectivity index (χ4v) is 2.68. The third-order valence-electron chi connectivity index (χ3n) is 4.16. The van der Waals surface area contributed by atoms with Gasteiger partial charge in [0.05, 0.1) is 17.9 Å². The van der Waals surface area contributed by atoms with Gasteiger partial charge in [-0.25, -0.2) is 4.79 Å². The number of likely N-dealkylation sites (N-methyl/N-ethyl adjacent to an activating group) is 2. The molecule has 0 unspecified atom stereocenters. The minimum Gasteiger partial charge on any atom is -0.338 e. The molecule has 24 heavy (non-hydrogen) atoms. The molecule has 0 atom stereocenters. The van der Waals surface area contributed by atoms with Crippen LogP contribution < -0.4 is 0 Å². The smallest absolute Gasteiger partial charge is 0.320 e. The van der Waals surface area contributed by atoms with E-state index in [0.717, 1.165) is 17.0 Å². The van der Waals surface area contributed by atoms with Gasteiger partial charge in [0.15, 0.2) is 0 Å². The minimum absolute atomic E-state index is 0.0884. The first-order valence-corrected chi connectivity index (χ1v) is 7.88. The van der Waals surface area contributed by atoms with Gasteiger partial charge in [0.1, 0.15) is 6.54 Å². The van der Waals surface area contributed by atoms with Crippen molar-refractivity contribution in [1.82, 2.24) is 24.9 Å². The molecule has 0 radical (unpaired) electrons. The van der Waals surface area contributed by atoms with Gasteiger partial charge in [0.2, 0.25) is 5.91 Å². The summed E-state index contributed by atoms with van der Waals surface area (Å²) in [5.74, 6) is -0.0884. The monoisotopic (exact) mass is 327 g/mol. The van der Waals surface area contributed by atoms with Gasteiger partial charge in [-0.05, 0) is 6.07 Å². The van der Waals surface area contributed by atoms with Crippen LogP contribution in [0.1, 0.15) is 5.69 Å². The van der Waals surface area contributed by atoms with Gasteiger partial charge in [-0.3, -0.25) is 9.89 Å². The topological polar surface area (TPSA) is 72.5 Å². The van der Waals surface area contributed by atoms with E-state index in [2.05, 4.69) is 10.2 Å². The van der Waals surface area contributed by atoms with Crippen molar-refractivity contribution in [3.63, 3.8) is 0 Å². The molecule has 1 aromatic carbocycles. The van der Waals surface area contributed by atoms with Crippen molar-refractivity contribution in [3.8, 4) is 11.3 Å². The number of aromatic amines is 1. The van der Waals surface area contributed by atoms with Gasteiger partial charge in [0, 0.05) is 32.7 Å². The van der Waals surface area contributed by atoms with Crippen LogP contribution in [0.2, 0.25) is 0 Å². The summed E-state index contributed by atoms with van der Waals surface area (Å²) in [7, 11) is 3.47. The Hall–Kier alpha value is -2.83. The van der Waals surface area contributed by atoms with E-state index >= 15 is 0 Å².